The first kappa shape index (κ1) is 11.5. The Balaban J connectivity index is 2.58. The maximum absolute atomic E-state index is 11.0. The van der Waals surface area contributed by atoms with E-state index in [1.165, 1.54) is 12.7 Å². The highest BCUT2D eigenvalue weighted by Crippen LogP contribution is 2.38. The molecule has 0 aliphatic heterocycles. The summed E-state index contributed by atoms with van der Waals surface area (Å²) in [5.41, 5.74) is -0.346. The van der Waals surface area contributed by atoms with Crippen LogP contribution in [0.4, 0.5) is 0 Å². The van der Waals surface area contributed by atoms with Gasteiger partial charge in [0.25, 0.3) is 0 Å². The Morgan fingerprint density at radius 2 is 1.86 bits per heavy atom. The molecule has 1 fully saturated rings. The largest absolute Gasteiger partial charge is 0.229 e. The van der Waals surface area contributed by atoms with Crippen molar-refractivity contribution >= 4 is 9.84 Å². The smallest absolute Gasteiger partial charge is 0.147 e. The highest BCUT2D eigenvalue weighted by molar-refractivity contribution is 7.90. The summed E-state index contributed by atoms with van der Waals surface area (Å²) >= 11 is 0. The summed E-state index contributed by atoms with van der Waals surface area (Å²) in [6.07, 6.45) is 6.82. The lowest BCUT2D eigenvalue weighted by molar-refractivity contribution is 0.259. The van der Waals surface area contributed by atoms with Gasteiger partial charge in [0.2, 0.25) is 0 Å². The molecular weight excluding hydrogens is 198 g/mol. The summed E-state index contributed by atoms with van der Waals surface area (Å²) in [6, 6.07) is 2.33. The maximum Gasteiger partial charge on any atom is 0.147 e. The van der Waals surface area contributed by atoms with Gasteiger partial charge in [-0.25, -0.2) is 8.42 Å². The van der Waals surface area contributed by atoms with Crippen LogP contribution in [-0.2, 0) is 9.84 Å². The Hall–Kier alpha value is -0.560. The molecule has 0 aromatic carbocycles. The minimum atomic E-state index is -2.92. The predicted octanol–water partition coefficient (Wildman–Crippen LogP) is 1.90. The molecule has 80 valence electrons. The lowest BCUT2D eigenvalue weighted by Gasteiger charge is -2.30. The third kappa shape index (κ3) is 3.30. The summed E-state index contributed by atoms with van der Waals surface area (Å²) in [5.74, 6) is 0.153. The average molecular weight is 215 g/mol. The minimum absolute atomic E-state index is 0.153. The third-order valence-corrected chi connectivity index (χ3v) is 3.94. The number of nitrogens with zero attached hydrogens (tertiary/aromatic N) is 1. The first-order valence-electron chi connectivity index (χ1n) is 5.06. The zero-order valence-electron chi connectivity index (χ0n) is 8.62. The van der Waals surface area contributed by atoms with E-state index >= 15 is 0 Å². The Labute approximate surface area is 86.0 Å². The Morgan fingerprint density at radius 1 is 1.29 bits per heavy atom. The predicted molar refractivity (Wildman–Crippen MR) is 55.5 cm³/mol. The van der Waals surface area contributed by atoms with Gasteiger partial charge in [0.05, 0.1) is 17.2 Å². The lowest BCUT2D eigenvalue weighted by atomic mass is 9.73. The van der Waals surface area contributed by atoms with Crippen LogP contribution in [0.15, 0.2) is 0 Å². The van der Waals surface area contributed by atoms with E-state index < -0.39 is 9.84 Å². The number of hydrogen-bond donors (Lipinski definition) is 0. The second-order valence-corrected chi connectivity index (χ2v) is 6.59. The molecule has 1 aliphatic carbocycles. The molecule has 0 bridgehead atoms. The molecule has 0 N–H and O–H groups in total. The van der Waals surface area contributed by atoms with Crippen LogP contribution in [0.3, 0.4) is 0 Å². The molecule has 0 unspecified atom stereocenters. The number of nitriles is 1. The van der Waals surface area contributed by atoms with Gasteiger partial charge < -0.3 is 0 Å². The molecule has 14 heavy (non-hydrogen) atoms. The molecule has 1 aliphatic rings. The van der Waals surface area contributed by atoms with Gasteiger partial charge in [0.1, 0.15) is 9.84 Å². The fourth-order valence-corrected chi connectivity index (χ4v) is 2.79. The fraction of sp³-hybridized carbons (Fsp3) is 0.900. The molecule has 0 saturated heterocycles. The van der Waals surface area contributed by atoms with Gasteiger partial charge in [-0.15, -0.1) is 0 Å². The quantitative estimate of drug-likeness (QED) is 0.722. The van der Waals surface area contributed by atoms with Gasteiger partial charge in [-0.05, 0) is 19.3 Å². The molecule has 1 saturated carbocycles. The Kier molecular flexibility index (Phi) is 3.54. The number of hydrogen-bond acceptors (Lipinski definition) is 3. The molecule has 3 nitrogen and oxygen atoms in total. The third-order valence-electron chi connectivity index (χ3n) is 3.00. The van der Waals surface area contributed by atoms with Crippen molar-refractivity contribution in [2.45, 2.75) is 38.5 Å². The van der Waals surface area contributed by atoms with Crippen molar-refractivity contribution in [3.8, 4) is 6.07 Å². The molecule has 0 heterocycles. The van der Waals surface area contributed by atoms with Crippen LogP contribution in [0.2, 0.25) is 0 Å². The zero-order valence-corrected chi connectivity index (χ0v) is 9.44. The minimum Gasteiger partial charge on any atom is -0.229 e. The van der Waals surface area contributed by atoms with E-state index in [-0.39, 0.29) is 11.2 Å². The SMILES string of the molecule is CS(=O)(=O)CCC1(C#N)CCCCC1. The number of sulfone groups is 1. The molecule has 1 rings (SSSR count). The van der Waals surface area contributed by atoms with E-state index in [1.807, 2.05) is 0 Å². The van der Waals surface area contributed by atoms with Gasteiger partial charge in [-0.3, -0.25) is 0 Å². The normalized spacial score (nSPS) is 21.4. The first-order valence-corrected chi connectivity index (χ1v) is 7.13. The highest BCUT2D eigenvalue weighted by Gasteiger charge is 2.32. The Morgan fingerprint density at radius 3 is 2.29 bits per heavy atom. The van der Waals surface area contributed by atoms with E-state index in [2.05, 4.69) is 6.07 Å². The number of rotatable bonds is 3. The van der Waals surface area contributed by atoms with Crippen molar-refractivity contribution in [2.75, 3.05) is 12.0 Å². The van der Waals surface area contributed by atoms with Gasteiger partial charge >= 0.3 is 0 Å². The van der Waals surface area contributed by atoms with E-state index in [4.69, 9.17) is 5.26 Å². The lowest BCUT2D eigenvalue weighted by Crippen LogP contribution is -2.25. The van der Waals surface area contributed by atoms with E-state index in [9.17, 15) is 8.42 Å². The second-order valence-electron chi connectivity index (χ2n) is 4.33. The van der Waals surface area contributed by atoms with Crippen molar-refractivity contribution < 1.29 is 8.42 Å². The topological polar surface area (TPSA) is 57.9 Å². The van der Waals surface area contributed by atoms with Crippen LogP contribution in [0.1, 0.15) is 38.5 Å². The molecule has 0 aromatic heterocycles. The van der Waals surface area contributed by atoms with Crippen molar-refractivity contribution in [1.82, 2.24) is 0 Å². The van der Waals surface area contributed by atoms with Gasteiger partial charge in [0, 0.05) is 6.26 Å². The van der Waals surface area contributed by atoms with Gasteiger partial charge in [-0.1, -0.05) is 19.3 Å². The standard InChI is InChI=1S/C10H17NO2S/c1-14(12,13)8-7-10(9-11)5-3-2-4-6-10/h2-8H2,1H3. The van der Waals surface area contributed by atoms with Crippen LogP contribution in [0, 0.1) is 16.7 Å². The van der Waals surface area contributed by atoms with Gasteiger partial charge in [0.15, 0.2) is 0 Å². The van der Waals surface area contributed by atoms with Crippen molar-refractivity contribution in [3.05, 3.63) is 0 Å². The van der Waals surface area contributed by atoms with Crippen LogP contribution in [0.25, 0.3) is 0 Å². The van der Waals surface area contributed by atoms with Crippen molar-refractivity contribution in [3.63, 3.8) is 0 Å². The zero-order chi connectivity index (χ0) is 10.7. The first-order chi connectivity index (χ1) is 6.47. The summed E-state index contributed by atoms with van der Waals surface area (Å²) in [6.45, 7) is 0. The van der Waals surface area contributed by atoms with E-state index in [0.717, 1.165) is 25.7 Å². The van der Waals surface area contributed by atoms with Gasteiger partial charge in [-0.2, -0.15) is 5.26 Å². The van der Waals surface area contributed by atoms with E-state index in [1.54, 1.807) is 0 Å². The van der Waals surface area contributed by atoms with Crippen LogP contribution in [0.5, 0.6) is 0 Å². The molecule has 0 atom stereocenters. The fourth-order valence-electron chi connectivity index (χ4n) is 2.03. The summed E-state index contributed by atoms with van der Waals surface area (Å²) in [5, 5.41) is 9.09. The van der Waals surface area contributed by atoms with Crippen molar-refractivity contribution in [1.29, 1.82) is 5.26 Å². The average Bonchev–Trinajstić information content (AvgIpc) is 2.15. The molecule has 0 spiro atoms. The van der Waals surface area contributed by atoms with Crippen LogP contribution >= 0.6 is 0 Å². The molecule has 0 radical (unpaired) electrons. The van der Waals surface area contributed by atoms with Crippen molar-refractivity contribution in [2.24, 2.45) is 5.41 Å². The summed E-state index contributed by atoms with van der Waals surface area (Å²) in [4.78, 5) is 0. The molecule has 0 amide bonds. The highest BCUT2D eigenvalue weighted by atomic mass is 32.2. The summed E-state index contributed by atoms with van der Waals surface area (Å²) in [7, 11) is -2.92. The summed E-state index contributed by atoms with van der Waals surface area (Å²) < 4.78 is 22.0. The monoisotopic (exact) mass is 215 g/mol. The maximum atomic E-state index is 11.0. The molecular formula is C10H17NO2S. The van der Waals surface area contributed by atoms with Crippen LogP contribution < -0.4 is 0 Å². The van der Waals surface area contributed by atoms with E-state index in [0.29, 0.717) is 6.42 Å². The molecule has 0 aromatic rings. The molecule has 4 heteroatoms. The van der Waals surface area contributed by atoms with Crippen LogP contribution in [-0.4, -0.2) is 20.4 Å². The second kappa shape index (κ2) is 4.31. The Bertz CT molecular complexity index is 321.